The van der Waals surface area contributed by atoms with Gasteiger partial charge in [-0.1, -0.05) is 11.8 Å². The number of cyclic esters (lactones) is 1. The molecule has 0 spiro atoms. The molecule has 15 heavy (non-hydrogen) atoms. The molecule has 0 aliphatic carbocycles. The molecule has 0 N–H and O–H groups in total. The van der Waals surface area contributed by atoms with Gasteiger partial charge in [0.05, 0.1) is 5.56 Å². The molecular weight excluding hydrogens is 212 g/mol. The Kier molecular flexibility index (Phi) is 2.94. The van der Waals surface area contributed by atoms with Gasteiger partial charge in [0, 0.05) is 23.4 Å². The predicted molar refractivity (Wildman–Crippen MR) is 57.8 cm³/mol. The van der Waals surface area contributed by atoms with Gasteiger partial charge < -0.3 is 4.74 Å². The summed E-state index contributed by atoms with van der Waals surface area (Å²) in [5.74, 6) is 6.23. The molecule has 1 aliphatic rings. The molecule has 0 aromatic heterocycles. The summed E-state index contributed by atoms with van der Waals surface area (Å²) in [6.07, 6.45) is 0.675. The van der Waals surface area contributed by atoms with Crippen LogP contribution in [0, 0.1) is 11.8 Å². The van der Waals surface area contributed by atoms with Crippen LogP contribution in [-0.2, 0) is 11.3 Å². The number of halogens is 1. The summed E-state index contributed by atoms with van der Waals surface area (Å²) in [7, 11) is 0. The largest absolute Gasteiger partial charge is 0.457 e. The lowest BCUT2D eigenvalue weighted by atomic mass is 10.1. The van der Waals surface area contributed by atoms with Crippen LogP contribution in [0.2, 0.25) is 0 Å². The zero-order valence-electron chi connectivity index (χ0n) is 8.05. The molecule has 1 aromatic rings. The highest BCUT2D eigenvalue weighted by Crippen LogP contribution is 2.20. The zero-order valence-corrected chi connectivity index (χ0v) is 8.80. The first kappa shape index (κ1) is 10.1. The quantitative estimate of drug-likeness (QED) is 0.413. The lowest BCUT2D eigenvalue weighted by Crippen LogP contribution is -1.92. The van der Waals surface area contributed by atoms with Crippen molar-refractivity contribution in [1.82, 2.24) is 0 Å². The van der Waals surface area contributed by atoms with Crippen molar-refractivity contribution >= 4 is 17.6 Å². The molecule has 0 fully saturated rings. The van der Waals surface area contributed by atoms with E-state index >= 15 is 0 Å². The van der Waals surface area contributed by atoms with E-state index in [9.17, 15) is 4.79 Å². The van der Waals surface area contributed by atoms with Gasteiger partial charge in [0.15, 0.2) is 0 Å². The maximum Gasteiger partial charge on any atom is 0.338 e. The number of hydrogen-bond acceptors (Lipinski definition) is 2. The molecule has 2 rings (SSSR count). The summed E-state index contributed by atoms with van der Waals surface area (Å²) in [4.78, 5) is 11.2. The smallest absolute Gasteiger partial charge is 0.338 e. The number of alkyl halides is 1. The molecule has 3 heteroatoms. The summed E-state index contributed by atoms with van der Waals surface area (Å²) in [5, 5.41) is 0. The van der Waals surface area contributed by atoms with Crippen LogP contribution in [0.4, 0.5) is 0 Å². The lowest BCUT2D eigenvalue weighted by Gasteiger charge is -1.94. The van der Waals surface area contributed by atoms with Crippen LogP contribution in [0.1, 0.15) is 27.9 Å². The average molecular weight is 221 g/mol. The molecule has 0 radical (unpaired) electrons. The summed E-state index contributed by atoms with van der Waals surface area (Å²) in [6, 6.07) is 5.48. The van der Waals surface area contributed by atoms with Crippen LogP contribution in [0.3, 0.4) is 0 Å². The second-order valence-corrected chi connectivity index (χ2v) is 3.57. The Hall–Kier alpha value is -1.46. The minimum absolute atomic E-state index is 0.245. The molecule has 0 atom stereocenters. The van der Waals surface area contributed by atoms with Crippen molar-refractivity contribution in [2.75, 3.05) is 5.88 Å². The van der Waals surface area contributed by atoms with Gasteiger partial charge in [-0.3, -0.25) is 0 Å². The van der Waals surface area contributed by atoms with Crippen LogP contribution < -0.4 is 0 Å². The first-order valence-electron chi connectivity index (χ1n) is 4.66. The third kappa shape index (κ3) is 2.14. The Morgan fingerprint density at radius 3 is 3.13 bits per heavy atom. The Bertz CT molecular complexity index is 454. The molecule has 0 unspecified atom stereocenters. The molecule has 1 aliphatic heterocycles. The van der Waals surface area contributed by atoms with Gasteiger partial charge in [0.25, 0.3) is 0 Å². The van der Waals surface area contributed by atoms with Gasteiger partial charge in [0.2, 0.25) is 0 Å². The minimum atomic E-state index is -0.245. The van der Waals surface area contributed by atoms with E-state index in [4.69, 9.17) is 16.3 Å². The topological polar surface area (TPSA) is 26.3 Å². The minimum Gasteiger partial charge on any atom is -0.457 e. The van der Waals surface area contributed by atoms with Gasteiger partial charge in [-0.15, -0.1) is 11.6 Å². The molecule has 76 valence electrons. The van der Waals surface area contributed by atoms with E-state index in [1.807, 2.05) is 12.1 Å². The Balaban J connectivity index is 2.24. The van der Waals surface area contributed by atoms with E-state index in [0.29, 0.717) is 24.5 Å². The lowest BCUT2D eigenvalue weighted by molar-refractivity contribution is 0.0535. The van der Waals surface area contributed by atoms with Crippen molar-refractivity contribution in [2.45, 2.75) is 13.0 Å². The monoisotopic (exact) mass is 220 g/mol. The van der Waals surface area contributed by atoms with E-state index < -0.39 is 0 Å². The van der Waals surface area contributed by atoms with Gasteiger partial charge in [-0.05, 0) is 18.2 Å². The normalized spacial score (nSPS) is 12.7. The predicted octanol–water partition coefficient (Wildman–Crippen LogP) is 2.34. The number of carbonyl (C=O) groups excluding carboxylic acids is 1. The fourth-order valence-corrected chi connectivity index (χ4v) is 1.52. The van der Waals surface area contributed by atoms with E-state index in [2.05, 4.69) is 11.8 Å². The van der Waals surface area contributed by atoms with Crippen molar-refractivity contribution in [1.29, 1.82) is 0 Å². The summed E-state index contributed by atoms with van der Waals surface area (Å²) in [5.41, 5.74) is 2.47. The second-order valence-electron chi connectivity index (χ2n) is 3.19. The maximum atomic E-state index is 11.2. The van der Waals surface area contributed by atoms with Gasteiger partial charge in [-0.25, -0.2) is 4.79 Å². The highest BCUT2D eigenvalue weighted by Gasteiger charge is 2.20. The number of carbonyl (C=O) groups is 1. The van der Waals surface area contributed by atoms with E-state index in [1.54, 1.807) is 6.07 Å². The van der Waals surface area contributed by atoms with Crippen molar-refractivity contribution in [3.05, 3.63) is 34.9 Å². The fraction of sp³-hybridized carbons (Fsp3) is 0.250. The van der Waals surface area contributed by atoms with Crippen molar-refractivity contribution in [3.63, 3.8) is 0 Å². The van der Waals surface area contributed by atoms with E-state index in [-0.39, 0.29) is 5.97 Å². The van der Waals surface area contributed by atoms with Gasteiger partial charge in [-0.2, -0.15) is 0 Å². The van der Waals surface area contributed by atoms with Crippen LogP contribution in [0.15, 0.2) is 18.2 Å². The summed E-state index contributed by atoms with van der Waals surface area (Å²) < 4.78 is 4.90. The van der Waals surface area contributed by atoms with Gasteiger partial charge in [0.1, 0.15) is 6.61 Å². The van der Waals surface area contributed by atoms with Crippen LogP contribution in [0.25, 0.3) is 0 Å². The SMILES string of the molecule is O=C1OCc2cc(C#CCCCl)ccc21. The van der Waals surface area contributed by atoms with Crippen LogP contribution in [-0.4, -0.2) is 11.8 Å². The van der Waals surface area contributed by atoms with Crippen LogP contribution >= 0.6 is 11.6 Å². The highest BCUT2D eigenvalue weighted by molar-refractivity contribution is 6.18. The number of hydrogen-bond donors (Lipinski definition) is 0. The number of rotatable bonds is 1. The summed E-state index contributed by atoms with van der Waals surface area (Å²) >= 11 is 5.51. The van der Waals surface area contributed by atoms with E-state index in [0.717, 1.165) is 11.1 Å². The molecule has 2 nitrogen and oxygen atoms in total. The first-order chi connectivity index (χ1) is 7.31. The molecule has 1 aromatic carbocycles. The average Bonchev–Trinajstić information content (AvgIpc) is 2.61. The molecule has 0 saturated heterocycles. The first-order valence-corrected chi connectivity index (χ1v) is 5.19. The number of fused-ring (bicyclic) bond motifs is 1. The van der Waals surface area contributed by atoms with Crippen LogP contribution in [0.5, 0.6) is 0 Å². The zero-order chi connectivity index (χ0) is 10.7. The molecule has 0 amide bonds. The molecular formula is C12H9ClO2. The fourth-order valence-electron chi connectivity index (χ4n) is 1.42. The molecule has 0 bridgehead atoms. The van der Waals surface area contributed by atoms with Crippen molar-refractivity contribution in [2.24, 2.45) is 0 Å². The standard InChI is InChI=1S/C12H9ClO2/c13-6-2-1-3-9-4-5-11-10(7-9)8-15-12(11)14/h4-5,7H,2,6,8H2. The van der Waals surface area contributed by atoms with E-state index in [1.165, 1.54) is 0 Å². The number of ether oxygens (including phenoxy) is 1. The third-order valence-electron chi connectivity index (χ3n) is 2.14. The highest BCUT2D eigenvalue weighted by atomic mass is 35.5. The number of esters is 1. The third-order valence-corrected chi connectivity index (χ3v) is 2.33. The molecule has 0 saturated carbocycles. The number of benzene rings is 1. The van der Waals surface area contributed by atoms with Gasteiger partial charge >= 0.3 is 5.97 Å². The summed E-state index contributed by atoms with van der Waals surface area (Å²) in [6.45, 7) is 0.360. The second kappa shape index (κ2) is 4.37. The molecule has 1 heterocycles. The van der Waals surface area contributed by atoms with Crippen molar-refractivity contribution in [3.8, 4) is 11.8 Å². The maximum absolute atomic E-state index is 11.2. The Labute approximate surface area is 93.2 Å². The Morgan fingerprint density at radius 1 is 1.47 bits per heavy atom. The Morgan fingerprint density at radius 2 is 2.33 bits per heavy atom. The van der Waals surface area contributed by atoms with Crippen molar-refractivity contribution < 1.29 is 9.53 Å².